The van der Waals surface area contributed by atoms with Crippen molar-refractivity contribution in [3.8, 4) is 11.6 Å². The number of alkyl halides is 3. The third-order valence-corrected chi connectivity index (χ3v) is 1.61. The fourth-order valence-electron chi connectivity index (χ4n) is 0.970. The van der Waals surface area contributed by atoms with Gasteiger partial charge in [0, 0.05) is 12.1 Å². The average Bonchev–Trinajstić information content (AvgIpc) is 2.18. The van der Waals surface area contributed by atoms with Gasteiger partial charge in [0.15, 0.2) is 6.29 Å². The molecule has 0 aromatic carbocycles. The molecule has 0 amide bonds. The van der Waals surface area contributed by atoms with Crippen LogP contribution in [0.2, 0.25) is 0 Å². The minimum absolute atomic E-state index is 0.110. The Bertz CT molecular complexity index is 406. The van der Waals surface area contributed by atoms with Crippen LogP contribution in [0.3, 0.4) is 0 Å². The SMILES string of the molecule is NCc1cc(O)c(C=O)nc1OC(F)(F)F. The van der Waals surface area contributed by atoms with Crippen molar-refractivity contribution in [2.75, 3.05) is 0 Å². The summed E-state index contributed by atoms with van der Waals surface area (Å²) in [5.41, 5.74) is 4.45. The van der Waals surface area contributed by atoms with Crippen molar-refractivity contribution in [2.45, 2.75) is 12.9 Å². The van der Waals surface area contributed by atoms with Gasteiger partial charge in [-0.3, -0.25) is 4.79 Å². The predicted molar refractivity (Wildman–Crippen MR) is 45.9 cm³/mol. The number of aldehydes is 1. The molecule has 0 spiro atoms. The van der Waals surface area contributed by atoms with E-state index < -0.39 is 23.7 Å². The smallest absolute Gasteiger partial charge is 0.506 e. The zero-order valence-electron chi connectivity index (χ0n) is 7.78. The van der Waals surface area contributed by atoms with Gasteiger partial charge in [-0.25, -0.2) is 4.98 Å². The van der Waals surface area contributed by atoms with Gasteiger partial charge in [-0.05, 0) is 6.07 Å². The number of aromatic nitrogens is 1. The van der Waals surface area contributed by atoms with Crippen LogP contribution < -0.4 is 10.5 Å². The Labute approximate surface area is 87.7 Å². The largest absolute Gasteiger partial charge is 0.574 e. The first kappa shape index (κ1) is 12.2. The molecule has 8 heteroatoms. The highest BCUT2D eigenvalue weighted by atomic mass is 19.4. The van der Waals surface area contributed by atoms with Crippen LogP contribution in [0.4, 0.5) is 13.2 Å². The van der Waals surface area contributed by atoms with Crippen molar-refractivity contribution in [3.05, 3.63) is 17.3 Å². The molecule has 0 bridgehead atoms. The summed E-state index contributed by atoms with van der Waals surface area (Å²) in [6.07, 6.45) is -4.83. The third kappa shape index (κ3) is 2.83. The molecule has 88 valence electrons. The summed E-state index contributed by atoms with van der Waals surface area (Å²) in [5.74, 6) is -1.39. The number of carbonyl (C=O) groups is 1. The Balaban J connectivity index is 3.20. The van der Waals surface area contributed by atoms with Crippen molar-refractivity contribution < 1.29 is 27.8 Å². The van der Waals surface area contributed by atoms with E-state index in [1.54, 1.807) is 0 Å². The molecular weight excluding hydrogens is 229 g/mol. The molecule has 5 nitrogen and oxygen atoms in total. The molecule has 1 aromatic heterocycles. The highest BCUT2D eigenvalue weighted by Crippen LogP contribution is 2.28. The summed E-state index contributed by atoms with van der Waals surface area (Å²) in [6.45, 7) is -0.314. The second-order valence-electron chi connectivity index (χ2n) is 2.73. The Morgan fingerprint density at radius 2 is 2.19 bits per heavy atom. The lowest BCUT2D eigenvalue weighted by molar-refractivity contribution is -0.276. The Hall–Kier alpha value is -1.83. The molecule has 0 aliphatic carbocycles. The van der Waals surface area contributed by atoms with Crippen LogP contribution in [0.5, 0.6) is 11.6 Å². The number of ether oxygens (including phenoxy) is 1. The number of pyridine rings is 1. The van der Waals surface area contributed by atoms with Crippen LogP contribution in [-0.4, -0.2) is 22.7 Å². The van der Waals surface area contributed by atoms with Gasteiger partial charge in [-0.1, -0.05) is 0 Å². The maximum absolute atomic E-state index is 11.9. The van der Waals surface area contributed by atoms with Crippen LogP contribution in [-0.2, 0) is 6.54 Å². The Kier molecular flexibility index (Phi) is 3.33. The summed E-state index contributed by atoms with van der Waals surface area (Å²) in [6, 6.07) is 0.901. The highest BCUT2D eigenvalue weighted by molar-refractivity contribution is 5.76. The van der Waals surface area contributed by atoms with Crippen molar-refractivity contribution >= 4 is 6.29 Å². The maximum atomic E-state index is 11.9. The van der Waals surface area contributed by atoms with Crippen molar-refractivity contribution in [2.24, 2.45) is 5.73 Å². The number of hydrogen-bond acceptors (Lipinski definition) is 5. The molecule has 0 atom stereocenters. The van der Waals surface area contributed by atoms with Gasteiger partial charge in [-0.2, -0.15) is 0 Å². The number of nitrogens with zero attached hydrogens (tertiary/aromatic N) is 1. The van der Waals surface area contributed by atoms with E-state index in [9.17, 15) is 18.0 Å². The minimum atomic E-state index is -4.94. The van der Waals surface area contributed by atoms with E-state index in [0.717, 1.165) is 6.07 Å². The van der Waals surface area contributed by atoms with E-state index in [0.29, 0.717) is 0 Å². The molecule has 3 N–H and O–H groups in total. The van der Waals surface area contributed by atoms with Crippen LogP contribution in [0.25, 0.3) is 0 Å². The summed E-state index contributed by atoms with van der Waals surface area (Å²) >= 11 is 0. The van der Waals surface area contributed by atoms with Gasteiger partial charge in [0.1, 0.15) is 11.4 Å². The third-order valence-electron chi connectivity index (χ3n) is 1.61. The van der Waals surface area contributed by atoms with Crippen LogP contribution in [0, 0.1) is 0 Å². The zero-order chi connectivity index (χ0) is 12.3. The zero-order valence-corrected chi connectivity index (χ0v) is 7.78. The standard InChI is InChI=1S/C8H7F3N2O3/c9-8(10,11)16-7-4(2-12)1-6(15)5(3-14)13-7/h1,3,15H,2,12H2. The highest BCUT2D eigenvalue weighted by Gasteiger charge is 2.33. The fraction of sp³-hybridized carbons (Fsp3) is 0.250. The van der Waals surface area contributed by atoms with Crippen molar-refractivity contribution in [1.29, 1.82) is 0 Å². The van der Waals surface area contributed by atoms with Gasteiger partial charge in [-0.15, -0.1) is 13.2 Å². The molecule has 0 unspecified atom stereocenters. The van der Waals surface area contributed by atoms with Gasteiger partial charge in [0.2, 0.25) is 5.88 Å². The minimum Gasteiger partial charge on any atom is -0.506 e. The number of aromatic hydroxyl groups is 1. The lowest BCUT2D eigenvalue weighted by Gasteiger charge is -2.12. The maximum Gasteiger partial charge on any atom is 0.574 e. The monoisotopic (exact) mass is 236 g/mol. The number of hydrogen-bond donors (Lipinski definition) is 2. The molecule has 1 heterocycles. The molecule has 0 aliphatic heterocycles. The van der Waals surface area contributed by atoms with E-state index in [1.165, 1.54) is 0 Å². The predicted octanol–water partition coefficient (Wildman–Crippen LogP) is 0.957. The Morgan fingerprint density at radius 3 is 2.62 bits per heavy atom. The molecule has 1 rings (SSSR count). The first-order chi connectivity index (χ1) is 7.37. The van der Waals surface area contributed by atoms with E-state index in [-0.39, 0.29) is 18.4 Å². The van der Waals surface area contributed by atoms with Gasteiger partial charge < -0.3 is 15.6 Å². The van der Waals surface area contributed by atoms with E-state index in [2.05, 4.69) is 9.72 Å². The molecule has 0 saturated carbocycles. The summed E-state index contributed by atoms with van der Waals surface area (Å²) < 4.78 is 39.4. The summed E-state index contributed by atoms with van der Waals surface area (Å²) in [5, 5.41) is 9.16. The fourth-order valence-corrected chi connectivity index (χ4v) is 0.970. The van der Waals surface area contributed by atoms with E-state index in [1.807, 2.05) is 0 Å². The van der Waals surface area contributed by atoms with Crippen LogP contribution in [0.15, 0.2) is 6.07 Å². The molecule has 1 aromatic rings. The van der Waals surface area contributed by atoms with Crippen molar-refractivity contribution in [1.82, 2.24) is 4.98 Å². The second-order valence-corrected chi connectivity index (χ2v) is 2.73. The topological polar surface area (TPSA) is 85.4 Å². The van der Waals surface area contributed by atoms with Gasteiger partial charge in [0.25, 0.3) is 0 Å². The second kappa shape index (κ2) is 4.35. The lowest BCUT2D eigenvalue weighted by atomic mass is 10.2. The van der Waals surface area contributed by atoms with E-state index in [4.69, 9.17) is 10.8 Å². The number of rotatable bonds is 3. The van der Waals surface area contributed by atoms with Crippen molar-refractivity contribution in [3.63, 3.8) is 0 Å². The van der Waals surface area contributed by atoms with Crippen LogP contribution in [0.1, 0.15) is 16.1 Å². The molecule has 0 fully saturated rings. The number of halogens is 3. The van der Waals surface area contributed by atoms with Crippen LogP contribution >= 0.6 is 0 Å². The molecular formula is C8H7F3N2O3. The first-order valence-electron chi connectivity index (χ1n) is 4.01. The number of nitrogens with two attached hydrogens (primary N) is 1. The first-order valence-corrected chi connectivity index (χ1v) is 4.01. The van der Waals surface area contributed by atoms with E-state index >= 15 is 0 Å². The molecule has 16 heavy (non-hydrogen) atoms. The normalized spacial score (nSPS) is 11.2. The van der Waals surface area contributed by atoms with Gasteiger partial charge >= 0.3 is 6.36 Å². The summed E-state index contributed by atoms with van der Waals surface area (Å²) in [7, 11) is 0. The quantitative estimate of drug-likeness (QED) is 0.763. The average molecular weight is 236 g/mol. The molecule has 0 radical (unpaired) electrons. The Morgan fingerprint density at radius 1 is 1.56 bits per heavy atom. The van der Waals surface area contributed by atoms with Gasteiger partial charge in [0.05, 0.1) is 0 Å². The number of carbonyl (C=O) groups excluding carboxylic acids is 1. The molecule has 0 aliphatic rings. The summed E-state index contributed by atoms with van der Waals surface area (Å²) in [4.78, 5) is 13.6. The molecule has 0 saturated heterocycles. The lowest BCUT2D eigenvalue weighted by Crippen LogP contribution is -2.20.